The zero-order valence-corrected chi connectivity index (χ0v) is 19.2. The number of carbonyl (C=O) groups is 2. The average Bonchev–Trinajstić information content (AvgIpc) is 3.02. The number of sulfonamides is 1. The fourth-order valence-corrected chi connectivity index (χ4v) is 4.45. The van der Waals surface area contributed by atoms with Crippen molar-refractivity contribution in [3.05, 3.63) is 70.8 Å². The van der Waals surface area contributed by atoms with Crippen LogP contribution in [0.25, 0.3) is 5.76 Å². The Bertz CT molecular complexity index is 1150. The molecule has 1 amide bonds. The minimum atomic E-state index is -3.64. The summed E-state index contributed by atoms with van der Waals surface area (Å²) in [6, 6.07) is 12.1. The molecule has 1 aliphatic rings. The highest BCUT2D eigenvalue weighted by atomic mass is 32.2. The molecule has 32 heavy (non-hydrogen) atoms. The van der Waals surface area contributed by atoms with Crippen molar-refractivity contribution in [2.75, 3.05) is 34.4 Å². The van der Waals surface area contributed by atoms with Crippen LogP contribution in [-0.2, 0) is 24.3 Å². The number of methoxy groups -OCH3 is 1. The molecule has 0 aliphatic carbocycles. The SMILES string of the molecule is COCCN1C(=O)C(=O)C(=C(O)c2ccc(S(=O)(=O)N(C)C)cc2)[C@H]1c1ccc(C)cc1. The molecule has 1 N–H and O–H groups in total. The maximum Gasteiger partial charge on any atom is 0.295 e. The van der Waals surface area contributed by atoms with Crippen molar-refractivity contribution in [3.8, 4) is 0 Å². The quantitative estimate of drug-likeness (QED) is 0.388. The van der Waals surface area contributed by atoms with Crippen LogP contribution in [0.5, 0.6) is 0 Å². The highest BCUT2D eigenvalue weighted by Crippen LogP contribution is 2.39. The number of aliphatic hydroxyl groups excluding tert-OH is 1. The molecule has 2 aromatic rings. The van der Waals surface area contributed by atoms with Crippen LogP contribution in [0, 0.1) is 6.92 Å². The third-order valence-electron chi connectivity index (χ3n) is 5.38. The lowest BCUT2D eigenvalue weighted by Crippen LogP contribution is -2.32. The Kier molecular flexibility index (Phi) is 6.82. The minimum Gasteiger partial charge on any atom is -0.507 e. The van der Waals surface area contributed by atoms with Gasteiger partial charge in [0.2, 0.25) is 10.0 Å². The summed E-state index contributed by atoms with van der Waals surface area (Å²) in [5, 5.41) is 11.0. The summed E-state index contributed by atoms with van der Waals surface area (Å²) in [6.07, 6.45) is 0. The first-order chi connectivity index (χ1) is 15.1. The molecule has 0 aromatic heterocycles. The van der Waals surface area contributed by atoms with E-state index in [2.05, 4.69) is 0 Å². The number of hydrogen-bond acceptors (Lipinski definition) is 6. The van der Waals surface area contributed by atoms with Gasteiger partial charge in [-0.2, -0.15) is 0 Å². The molecule has 0 radical (unpaired) electrons. The molecule has 9 heteroatoms. The van der Waals surface area contributed by atoms with E-state index < -0.39 is 27.8 Å². The smallest absolute Gasteiger partial charge is 0.295 e. The van der Waals surface area contributed by atoms with Gasteiger partial charge < -0.3 is 14.7 Å². The van der Waals surface area contributed by atoms with E-state index in [1.54, 1.807) is 0 Å². The molecular weight excluding hydrogens is 432 g/mol. The van der Waals surface area contributed by atoms with Gasteiger partial charge in [0.15, 0.2) is 0 Å². The molecule has 1 atom stereocenters. The molecule has 2 aromatic carbocycles. The number of rotatable bonds is 7. The lowest BCUT2D eigenvalue weighted by molar-refractivity contribution is -0.140. The van der Waals surface area contributed by atoms with E-state index in [4.69, 9.17) is 4.74 Å². The van der Waals surface area contributed by atoms with Crippen LogP contribution in [-0.4, -0.2) is 68.8 Å². The zero-order valence-electron chi connectivity index (χ0n) is 18.4. The summed E-state index contributed by atoms with van der Waals surface area (Å²) < 4.78 is 30.8. The van der Waals surface area contributed by atoms with Crippen LogP contribution in [0.3, 0.4) is 0 Å². The number of nitrogens with zero attached hydrogens (tertiary/aromatic N) is 2. The molecule has 8 nitrogen and oxygen atoms in total. The summed E-state index contributed by atoms with van der Waals surface area (Å²) in [7, 11) is 0.704. The van der Waals surface area contributed by atoms with Gasteiger partial charge in [0.25, 0.3) is 11.7 Å². The first kappa shape index (κ1) is 23.6. The Labute approximate surface area is 187 Å². The van der Waals surface area contributed by atoms with E-state index in [0.29, 0.717) is 5.56 Å². The van der Waals surface area contributed by atoms with E-state index in [1.165, 1.54) is 50.4 Å². The molecular formula is C23H26N2O6S. The zero-order chi connectivity index (χ0) is 23.6. The number of benzene rings is 2. The topological polar surface area (TPSA) is 104 Å². The van der Waals surface area contributed by atoms with Crippen molar-refractivity contribution in [2.24, 2.45) is 0 Å². The predicted molar refractivity (Wildman–Crippen MR) is 119 cm³/mol. The van der Waals surface area contributed by atoms with Crippen LogP contribution in [0.1, 0.15) is 22.7 Å². The first-order valence-electron chi connectivity index (χ1n) is 9.96. The van der Waals surface area contributed by atoms with Crippen LogP contribution in [0.15, 0.2) is 59.0 Å². The van der Waals surface area contributed by atoms with E-state index in [9.17, 15) is 23.1 Å². The molecule has 0 unspecified atom stereocenters. The van der Waals surface area contributed by atoms with Crippen molar-refractivity contribution in [1.82, 2.24) is 9.21 Å². The molecule has 1 fully saturated rings. The summed E-state index contributed by atoms with van der Waals surface area (Å²) in [5.41, 5.74) is 1.89. The maximum absolute atomic E-state index is 12.9. The van der Waals surface area contributed by atoms with Crippen LogP contribution >= 0.6 is 0 Å². The standard InChI is InChI=1S/C23H26N2O6S/c1-15-5-7-16(8-6-15)20-19(22(27)23(28)25(20)13-14-31-4)21(26)17-9-11-18(12-10-17)32(29,30)24(2)3/h5-12,20,26H,13-14H2,1-4H3/t20-/m1/s1. The number of amides is 1. The number of likely N-dealkylation sites (tertiary alicyclic amines) is 1. The fourth-order valence-electron chi connectivity index (χ4n) is 3.55. The van der Waals surface area contributed by atoms with Gasteiger partial charge in [-0.1, -0.05) is 29.8 Å². The summed E-state index contributed by atoms with van der Waals surface area (Å²) in [6.45, 7) is 2.33. The van der Waals surface area contributed by atoms with E-state index >= 15 is 0 Å². The van der Waals surface area contributed by atoms with Gasteiger partial charge >= 0.3 is 0 Å². The van der Waals surface area contributed by atoms with E-state index in [1.807, 2.05) is 31.2 Å². The van der Waals surface area contributed by atoms with Crippen LogP contribution < -0.4 is 0 Å². The van der Waals surface area contributed by atoms with Gasteiger partial charge in [0.1, 0.15) is 5.76 Å². The molecule has 1 heterocycles. The molecule has 0 bridgehead atoms. The summed E-state index contributed by atoms with van der Waals surface area (Å²) in [5.74, 6) is -1.88. The lowest BCUT2D eigenvalue weighted by Gasteiger charge is -2.25. The highest BCUT2D eigenvalue weighted by Gasteiger charge is 2.45. The molecule has 1 saturated heterocycles. The maximum atomic E-state index is 12.9. The van der Waals surface area contributed by atoms with Crippen molar-refractivity contribution >= 4 is 27.5 Å². The lowest BCUT2D eigenvalue weighted by atomic mass is 9.95. The molecule has 0 saturated carbocycles. The van der Waals surface area contributed by atoms with Gasteiger partial charge in [0.05, 0.1) is 23.1 Å². The number of carbonyl (C=O) groups excluding carboxylic acids is 2. The van der Waals surface area contributed by atoms with Gasteiger partial charge in [0, 0.05) is 33.3 Å². The summed E-state index contributed by atoms with van der Waals surface area (Å²) >= 11 is 0. The Morgan fingerprint density at radius 3 is 2.19 bits per heavy atom. The van der Waals surface area contributed by atoms with Crippen LogP contribution in [0.2, 0.25) is 0 Å². The highest BCUT2D eigenvalue weighted by molar-refractivity contribution is 7.89. The van der Waals surface area contributed by atoms with Crippen molar-refractivity contribution in [1.29, 1.82) is 0 Å². The molecule has 3 rings (SSSR count). The van der Waals surface area contributed by atoms with Crippen molar-refractivity contribution in [2.45, 2.75) is 17.9 Å². The first-order valence-corrected chi connectivity index (χ1v) is 11.4. The number of aryl methyl sites for hydroxylation is 1. The fraction of sp³-hybridized carbons (Fsp3) is 0.304. The molecule has 0 spiro atoms. The average molecular weight is 459 g/mol. The molecule has 170 valence electrons. The number of hydrogen-bond donors (Lipinski definition) is 1. The number of ketones is 1. The Balaban J connectivity index is 2.11. The third-order valence-corrected chi connectivity index (χ3v) is 7.21. The van der Waals surface area contributed by atoms with Crippen molar-refractivity contribution in [3.63, 3.8) is 0 Å². The Morgan fingerprint density at radius 1 is 1.06 bits per heavy atom. The van der Waals surface area contributed by atoms with Gasteiger partial charge in [-0.05, 0) is 36.8 Å². The number of ether oxygens (including phenoxy) is 1. The second-order valence-electron chi connectivity index (χ2n) is 7.71. The predicted octanol–water partition coefficient (Wildman–Crippen LogP) is 2.31. The Morgan fingerprint density at radius 2 is 1.66 bits per heavy atom. The van der Waals surface area contributed by atoms with Gasteiger partial charge in [-0.15, -0.1) is 0 Å². The van der Waals surface area contributed by atoms with E-state index in [-0.39, 0.29) is 34.9 Å². The summed E-state index contributed by atoms with van der Waals surface area (Å²) in [4.78, 5) is 27.1. The second-order valence-corrected chi connectivity index (χ2v) is 9.86. The van der Waals surface area contributed by atoms with Crippen molar-refractivity contribution < 1.29 is 27.9 Å². The second kappa shape index (κ2) is 9.23. The normalized spacial score (nSPS) is 18.5. The number of aliphatic hydroxyl groups is 1. The van der Waals surface area contributed by atoms with Gasteiger partial charge in [-0.3, -0.25) is 9.59 Å². The monoisotopic (exact) mass is 458 g/mol. The minimum absolute atomic E-state index is 0.0434. The largest absolute Gasteiger partial charge is 0.507 e. The third kappa shape index (κ3) is 4.32. The Hall–Kier alpha value is -3.01. The van der Waals surface area contributed by atoms with Crippen LogP contribution in [0.4, 0.5) is 0 Å². The number of Topliss-reactive ketones (excluding diaryl/α,β-unsaturated/α-hetero) is 1. The van der Waals surface area contributed by atoms with E-state index in [0.717, 1.165) is 9.87 Å². The van der Waals surface area contributed by atoms with Gasteiger partial charge in [-0.25, -0.2) is 12.7 Å². The molecule has 1 aliphatic heterocycles.